The summed E-state index contributed by atoms with van der Waals surface area (Å²) >= 11 is 5.79. The number of aromatic nitrogens is 2. The molecule has 0 saturated heterocycles. The lowest BCUT2D eigenvalue weighted by Gasteiger charge is -2.10. The minimum absolute atomic E-state index is 0.0157. The van der Waals surface area contributed by atoms with Crippen LogP contribution in [0, 0.1) is 0 Å². The van der Waals surface area contributed by atoms with Crippen molar-refractivity contribution in [2.75, 3.05) is 5.73 Å². The third-order valence-electron chi connectivity index (χ3n) is 2.57. The van der Waals surface area contributed by atoms with Crippen LogP contribution in [-0.2, 0) is 13.2 Å². The maximum Gasteiger partial charge on any atom is 0.416 e. The first kappa shape index (κ1) is 13.5. The normalized spacial score (nSPS) is 11.8. The summed E-state index contributed by atoms with van der Waals surface area (Å²) in [6, 6.07) is 2.75. The molecular formula is C11H9ClF3N3O. The number of hydrogen-bond donors (Lipinski definition) is 2. The molecule has 2 aromatic rings. The average molecular weight is 292 g/mol. The highest BCUT2D eigenvalue weighted by atomic mass is 35.5. The summed E-state index contributed by atoms with van der Waals surface area (Å²) in [7, 11) is 1.56. The summed E-state index contributed by atoms with van der Waals surface area (Å²) in [6.07, 6.45) is -4.58. The Bertz CT molecular complexity index is 594. The quantitative estimate of drug-likeness (QED) is 0.849. The molecule has 0 spiro atoms. The van der Waals surface area contributed by atoms with Crippen LogP contribution in [0.2, 0.25) is 5.02 Å². The van der Waals surface area contributed by atoms with Crippen molar-refractivity contribution < 1.29 is 18.3 Å². The Hall–Kier alpha value is -1.89. The molecule has 0 atom stereocenters. The molecule has 0 unspecified atom stereocenters. The lowest BCUT2D eigenvalue weighted by Crippen LogP contribution is -2.05. The van der Waals surface area contributed by atoms with Crippen LogP contribution >= 0.6 is 11.6 Å². The van der Waals surface area contributed by atoms with Gasteiger partial charge in [-0.3, -0.25) is 4.68 Å². The zero-order chi connectivity index (χ0) is 14.4. The van der Waals surface area contributed by atoms with Crippen LogP contribution in [-0.4, -0.2) is 14.9 Å². The van der Waals surface area contributed by atoms with Crippen LogP contribution in [0.1, 0.15) is 5.56 Å². The molecule has 0 aliphatic rings. The fraction of sp³-hybridized carbons (Fsp3) is 0.182. The van der Waals surface area contributed by atoms with Crippen molar-refractivity contribution in [3.8, 4) is 17.0 Å². The third-order valence-corrected chi connectivity index (χ3v) is 2.87. The molecule has 0 aliphatic carbocycles. The highest BCUT2D eigenvalue weighted by Gasteiger charge is 2.32. The van der Waals surface area contributed by atoms with Crippen LogP contribution < -0.4 is 5.73 Å². The zero-order valence-electron chi connectivity index (χ0n) is 9.66. The van der Waals surface area contributed by atoms with E-state index < -0.39 is 17.5 Å². The van der Waals surface area contributed by atoms with E-state index in [0.29, 0.717) is 11.9 Å². The second-order valence-electron chi connectivity index (χ2n) is 3.93. The molecule has 19 heavy (non-hydrogen) atoms. The molecule has 1 aromatic heterocycles. The Morgan fingerprint density at radius 3 is 2.37 bits per heavy atom. The largest absolute Gasteiger partial charge is 0.507 e. The molecule has 2 rings (SSSR count). The molecule has 1 aromatic carbocycles. The van der Waals surface area contributed by atoms with Crippen molar-refractivity contribution in [2.24, 2.45) is 7.05 Å². The van der Waals surface area contributed by atoms with Crippen LogP contribution in [0.4, 0.5) is 19.0 Å². The monoisotopic (exact) mass is 291 g/mol. The van der Waals surface area contributed by atoms with Crippen molar-refractivity contribution in [3.05, 3.63) is 28.8 Å². The van der Waals surface area contributed by atoms with Gasteiger partial charge in [-0.25, -0.2) is 0 Å². The molecular weight excluding hydrogens is 283 g/mol. The van der Waals surface area contributed by atoms with Crippen LogP contribution in [0.15, 0.2) is 18.2 Å². The van der Waals surface area contributed by atoms with Gasteiger partial charge < -0.3 is 10.8 Å². The number of alkyl halides is 3. The van der Waals surface area contributed by atoms with Gasteiger partial charge in [0.25, 0.3) is 0 Å². The predicted octanol–water partition coefficient (Wildman–Crippen LogP) is 3.05. The van der Waals surface area contributed by atoms with Gasteiger partial charge in [-0.1, -0.05) is 11.6 Å². The van der Waals surface area contributed by atoms with Gasteiger partial charge in [0, 0.05) is 13.1 Å². The van der Waals surface area contributed by atoms with E-state index in [4.69, 9.17) is 17.3 Å². The number of hydrogen-bond acceptors (Lipinski definition) is 3. The van der Waals surface area contributed by atoms with Crippen LogP contribution in [0.5, 0.6) is 5.75 Å². The van der Waals surface area contributed by atoms with Gasteiger partial charge in [-0.05, 0) is 12.1 Å². The van der Waals surface area contributed by atoms with Crippen molar-refractivity contribution in [1.29, 1.82) is 0 Å². The van der Waals surface area contributed by atoms with E-state index in [0.717, 1.165) is 6.07 Å². The number of phenols is 1. The van der Waals surface area contributed by atoms with E-state index in [1.807, 2.05) is 0 Å². The summed E-state index contributed by atoms with van der Waals surface area (Å²) in [6.45, 7) is 0. The summed E-state index contributed by atoms with van der Waals surface area (Å²) in [5.41, 5.74) is 4.77. The fourth-order valence-corrected chi connectivity index (χ4v) is 1.92. The molecule has 0 fully saturated rings. The van der Waals surface area contributed by atoms with E-state index in [1.165, 1.54) is 10.7 Å². The lowest BCUT2D eigenvalue weighted by atomic mass is 10.1. The number of phenolic OH excluding ortho intramolecular Hbond substituents is 1. The number of nitrogens with zero attached hydrogens (tertiary/aromatic N) is 2. The van der Waals surface area contributed by atoms with Gasteiger partial charge in [0.15, 0.2) is 0 Å². The van der Waals surface area contributed by atoms with E-state index in [9.17, 15) is 18.3 Å². The number of aryl methyl sites for hydroxylation is 1. The fourth-order valence-electron chi connectivity index (χ4n) is 1.61. The molecule has 102 valence electrons. The summed E-state index contributed by atoms with van der Waals surface area (Å²) in [5.74, 6) is -0.303. The SMILES string of the molecule is Cn1nc(-c2c(O)cc(C(F)(F)F)cc2Cl)cc1N. The maximum absolute atomic E-state index is 12.5. The summed E-state index contributed by atoms with van der Waals surface area (Å²) < 4.78 is 38.9. The molecule has 3 N–H and O–H groups in total. The molecule has 0 radical (unpaired) electrons. The Morgan fingerprint density at radius 2 is 1.95 bits per heavy atom. The molecule has 0 bridgehead atoms. The third kappa shape index (κ3) is 2.46. The maximum atomic E-state index is 12.5. The molecule has 4 nitrogen and oxygen atoms in total. The van der Waals surface area contributed by atoms with E-state index in [1.54, 1.807) is 7.05 Å². The van der Waals surface area contributed by atoms with Gasteiger partial charge in [0.1, 0.15) is 11.6 Å². The van der Waals surface area contributed by atoms with E-state index in [2.05, 4.69) is 5.10 Å². The predicted molar refractivity (Wildman–Crippen MR) is 64.7 cm³/mol. The summed E-state index contributed by atoms with van der Waals surface area (Å²) in [5, 5.41) is 13.4. The highest BCUT2D eigenvalue weighted by Crippen LogP contribution is 2.41. The minimum atomic E-state index is -4.58. The lowest BCUT2D eigenvalue weighted by molar-refractivity contribution is -0.137. The molecule has 8 heteroatoms. The van der Waals surface area contributed by atoms with Crippen LogP contribution in [0.25, 0.3) is 11.3 Å². The van der Waals surface area contributed by atoms with E-state index >= 15 is 0 Å². The Kier molecular flexibility index (Phi) is 3.09. The number of nitrogen functional groups attached to an aromatic ring is 1. The molecule has 0 saturated carbocycles. The summed E-state index contributed by atoms with van der Waals surface area (Å²) in [4.78, 5) is 0. The molecule has 0 amide bonds. The molecule has 1 heterocycles. The van der Waals surface area contributed by atoms with Gasteiger partial charge in [-0.15, -0.1) is 0 Å². The molecule has 0 aliphatic heterocycles. The van der Waals surface area contributed by atoms with Gasteiger partial charge >= 0.3 is 6.18 Å². The standard InChI is InChI=1S/C11H9ClF3N3O/c1-18-9(16)4-7(17-18)10-6(12)2-5(3-8(10)19)11(13,14)15/h2-4,19H,16H2,1H3. The van der Waals surface area contributed by atoms with Gasteiger partial charge in [0.2, 0.25) is 0 Å². The van der Waals surface area contributed by atoms with Crippen LogP contribution in [0.3, 0.4) is 0 Å². The topological polar surface area (TPSA) is 64.1 Å². The second-order valence-corrected chi connectivity index (χ2v) is 4.34. The zero-order valence-corrected chi connectivity index (χ0v) is 10.4. The van der Waals surface area contributed by atoms with Gasteiger partial charge in [-0.2, -0.15) is 18.3 Å². The number of halogens is 4. The number of aromatic hydroxyl groups is 1. The van der Waals surface area contributed by atoms with E-state index in [-0.39, 0.29) is 16.3 Å². The number of rotatable bonds is 1. The Labute approximate surface area is 111 Å². The minimum Gasteiger partial charge on any atom is -0.507 e. The van der Waals surface area contributed by atoms with Crippen molar-refractivity contribution in [3.63, 3.8) is 0 Å². The first-order valence-corrected chi connectivity index (χ1v) is 5.47. The number of nitrogens with two attached hydrogens (primary N) is 1. The smallest absolute Gasteiger partial charge is 0.416 e. The first-order valence-electron chi connectivity index (χ1n) is 5.09. The second kappa shape index (κ2) is 4.34. The van der Waals surface area contributed by atoms with Crippen molar-refractivity contribution in [2.45, 2.75) is 6.18 Å². The highest BCUT2D eigenvalue weighted by molar-refractivity contribution is 6.33. The number of benzene rings is 1. The van der Waals surface area contributed by atoms with Gasteiger partial charge in [0.05, 0.1) is 21.8 Å². The van der Waals surface area contributed by atoms with Crippen molar-refractivity contribution in [1.82, 2.24) is 9.78 Å². The average Bonchev–Trinajstić information content (AvgIpc) is 2.56. The number of anilines is 1. The Morgan fingerprint density at radius 1 is 1.32 bits per heavy atom. The van der Waals surface area contributed by atoms with Crippen molar-refractivity contribution >= 4 is 17.4 Å². The first-order chi connectivity index (χ1) is 8.70. The Balaban J connectivity index is 2.60.